The van der Waals surface area contributed by atoms with E-state index in [0.29, 0.717) is 6.04 Å². The van der Waals surface area contributed by atoms with Gasteiger partial charge < -0.3 is 5.32 Å². The van der Waals surface area contributed by atoms with E-state index in [-0.39, 0.29) is 0 Å². The monoisotopic (exact) mass is 181 g/mol. The highest BCUT2D eigenvalue weighted by Crippen LogP contribution is 2.16. The Morgan fingerprint density at radius 3 is 3.08 bits per heavy atom. The average molecular weight is 181 g/mol. The highest BCUT2D eigenvalue weighted by molar-refractivity contribution is 7.07. The fraction of sp³-hybridized carbons (Fsp3) is 0.400. The second-order valence-corrected chi connectivity index (χ2v) is 3.50. The van der Waals surface area contributed by atoms with Crippen LogP contribution in [0.5, 0.6) is 0 Å². The van der Waals surface area contributed by atoms with Crippen LogP contribution in [0.1, 0.15) is 24.9 Å². The first-order valence-electron chi connectivity index (χ1n) is 4.26. The minimum absolute atomic E-state index is 0.330. The Hall–Kier alpha value is -0.600. The third kappa shape index (κ3) is 2.47. The lowest BCUT2D eigenvalue weighted by molar-refractivity contribution is 0.615. The fourth-order valence-electron chi connectivity index (χ4n) is 1.09. The molecule has 0 fully saturated rings. The molecule has 1 unspecified atom stereocenters. The van der Waals surface area contributed by atoms with Gasteiger partial charge in [0.1, 0.15) is 0 Å². The first-order chi connectivity index (χ1) is 5.88. The van der Waals surface area contributed by atoms with Gasteiger partial charge in [-0.15, -0.1) is 6.58 Å². The van der Waals surface area contributed by atoms with Crippen LogP contribution in [0.2, 0.25) is 0 Å². The smallest absolute Gasteiger partial charge is 0.0511 e. The van der Waals surface area contributed by atoms with Crippen molar-refractivity contribution in [3.05, 3.63) is 35.0 Å². The molecular formula is C10H15NS. The van der Waals surface area contributed by atoms with Crippen LogP contribution in [0.3, 0.4) is 0 Å². The molecule has 0 saturated heterocycles. The van der Waals surface area contributed by atoms with Crippen molar-refractivity contribution >= 4 is 11.3 Å². The SMILES string of the molecule is C=CC(NCCC)c1ccsc1. The number of rotatable bonds is 5. The van der Waals surface area contributed by atoms with E-state index in [1.54, 1.807) is 11.3 Å². The van der Waals surface area contributed by atoms with Gasteiger partial charge in [-0.3, -0.25) is 0 Å². The van der Waals surface area contributed by atoms with Crippen molar-refractivity contribution in [1.29, 1.82) is 0 Å². The molecule has 0 aliphatic carbocycles. The largest absolute Gasteiger partial charge is 0.307 e. The summed E-state index contributed by atoms with van der Waals surface area (Å²) in [5, 5.41) is 7.67. The maximum Gasteiger partial charge on any atom is 0.0511 e. The second kappa shape index (κ2) is 5.12. The van der Waals surface area contributed by atoms with Gasteiger partial charge in [0.15, 0.2) is 0 Å². The highest BCUT2D eigenvalue weighted by Gasteiger charge is 2.04. The standard InChI is InChI=1S/C10H15NS/c1-3-6-11-10(4-2)9-5-7-12-8-9/h4-5,7-8,10-11H,2-3,6H2,1H3. The van der Waals surface area contributed by atoms with E-state index >= 15 is 0 Å². The van der Waals surface area contributed by atoms with Crippen LogP contribution in [0.4, 0.5) is 0 Å². The summed E-state index contributed by atoms with van der Waals surface area (Å²) < 4.78 is 0. The molecule has 0 saturated carbocycles. The Kier molecular flexibility index (Phi) is 4.05. The fourth-order valence-corrected chi connectivity index (χ4v) is 1.79. The first-order valence-corrected chi connectivity index (χ1v) is 5.20. The van der Waals surface area contributed by atoms with Crippen molar-refractivity contribution in [1.82, 2.24) is 5.32 Å². The van der Waals surface area contributed by atoms with Gasteiger partial charge in [-0.25, -0.2) is 0 Å². The normalized spacial score (nSPS) is 12.8. The molecule has 0 radical (unpaired) electrons. The molecule has 1 heterocycles. The topological polar surface area (TPSA) is 12.0 Å². The van der Waals surface area contributed by atoms with Gasteiger partial charge in [-0.1, -0.05) is 13.0 Å². The quantitative estimate of drug-likeness (QED) is 0.689. The predicted molar refractivity (Wildman–Crippen MR) is 55.6 cm³/mol. The number of hydrogen-bond donors (Lipinski definition) is 1. The Bertz CT molecular complexity index is 216. The van der Waals surface area contributed by atoms with Crippen LogP contribution in [0.25, 0.3) is 0 Å². The summed E-state index contributed by atoms with van der Waals surface area (Å²) in [6.07, 6.45) is 3.12. The lowest BCUT2D eigenvalue weighted by atomic mass is 10.1. The summed E-state index contributed by atoms with van der Waals surface area (Å²) in [7, 11) is 0. The van der Waals surface area contributed by atoms with E-state index < -0.39 is 0 Å². The van der Waals surface area contributed by atoms with Crippen LogP contribution < -0.4 is 5.32 Å². The van der Waals surface area contributed by atoms with Gasteiger partial charge >= 0.3 is 0 Å². The molecule has 66 valence electrons. The Morgan fingerprint density at radius 1 is 1.75 bits per heavy atom. The molecule has 1 N–H and O–H groups in total. The second-order valence-electron chi connectivity index (χ2n) is 2.72. The van der Waals surface area contributed by atoms with Crippen LogP contribution in [0.15, 0.2) is 29.5 Å². The van der Waals surface area contributed by atoms with Crippen molar-refractivity contribution in [2.24, 2.45) is 0 Å². The maximum absolute atomic E-state index is 3.81. The zero-order valence-electron chi connectivity index (χ0n) is 7.42. The number of nitrogens with one attached hydrogen (secondary N) is 1. The van der Waals surface area contributed by atoms with Gasteiger partial charge in [0.25, 0.3) is 0 Å². The van der Waals surface area contributed by atoms with Gasteiger partial charge in [0, 0.05) is 0 Å². The number of thiophene rings is 1. The Labute approximate surface area is 78.1 Å². The molecule has 1 atom stereocenters. The molecule has 12 heavy (non-hydrogen) atoms. The van der Waals surface area contributed by atoms with Crippen molar-refractivity contribution in [2.75, 3.05) is 6.54 Å². The van der Waals surface area contributed by atoms with Crippen molar-refractivity contribution in [3.63, 3.8) is 0 Å². The molecule has 2 heteroatoms. The van der Waals surface area contributed by atoms with E-state index in [4.69, 9.17) is 0 Å². The molecule has 0 spiro atoms. The van der Waals surface area contributed by atoms with E-state index in [2.05, 4.69) is 35.6 Å². The summed E-state index contributed by atoms with van der Waals surface area (Å²) >= 11 is 1.73. The predicted octanol–water partition coefficient (Wildman–Crippen LogP) is 2.97. The summed E-state index contributed by atoms with van der Waals surface area (Å²) in [4.78, 5) is 0. The molecule has 1 aromatic rings. The molecule has 0 aromatic carbocycles. The molecule has 1 nitrogen and oxygen atoms in total. The zero-order chi connectivity index (χ0) is 8.81. The lowest BCUT2D eigenvalue weighted by Crippen LogP contribution is -2.19. The zero-order valence-corrected chi connectivity index (χ0v) is 8.23. The molecule has 1 rings (SSSR count). The summed E-state index contributed by atoms with van der Waals surface area (Å²) in [6.45, 7) is 7.03. The highest BCUT2D eigenvalue weighted by atomic mass is 32.1. The minimum atomic E-state index is 0.330. The van der Waals surface area contributed by atoms with Gasteiger partial charge in [0.05, 0.1) is 6.04 Å². The summed E-state index contributed by atoms with van der Waals surface area (Å²) in [6, 6.07) is 2.47. The number of hydrogen-bond acceptors (Lipinski definition) is 2. The van der Waals surface area contributed by atoms with Gasteiger partial charge in [0.2, 0.25) is 0 Å². The first kappa shape index (κ1) is 9.49. The lowest BCUT2D eigenvalue weighted by Gasteiger charge is -2.11. The van der Waals surface area contributed by atoms with Crippen LogP contribution in [-0.2, 0) is 0 Å². The molecular weight excluding hydrogens is 166 g/mol. The Morgan fingerprint density at radius 2 is 2.58 bits per heavy atom. The summed E-state index contributed by atoms with van der Waals surface area (Å²) in [5.74, 6) is 0. The van der Waals surface area contributed by atoms with Crippen LogP contribution in [0, 0.1) is 0 Å². The molecule has 0 aliphatic rings. The molecule has 0 bridgehead atoms. The van der Waals surface area contributed by atoms with E-state index in [9.17, 15) is 0 Å². The summed E-state index contributed by atoms with van der Waals surface area (Å²) in [5.41, 5.74) is 1.32. The van der Waals surface area contributed by atoms with Crippen molar-refractivity contribution < 1.29 is 0 Å². The van der Waals surface area contributed by atoms with Gasteiger partial charge in [-0.2, -0.15) is 11.3 Å². The molecule has 1 aromatic heterocycles. The van der Waals surface area contributed by atoms with E-state index in [1.807, 2.05) is 6.08 Å². The third-order valence-corrected chi connectivity index (χ3v) is 2.45. The minimum Gasteiger partial charge on any atom is -0.307 e. The van der Waals surface area contributed by atoms with E-state index in [1.165, 1.54) is 5.56 Å². The average Bonchev–Trinajstić information content (AvgIpc) is 2.59. The van der Waals surface area contributed by atoms with Crippen LogP contribution >= 0.6 is 11.3 Å². The molecule has 0 aliphatic heterocycles. The third-order valence-electron chi connectivity index (χ3n) is 1.75. The van der Waals surface area contributed by atoms with Crippen molar-refractivity contribution in [3.8, 4) is 0 Å². The van der Waals surface area contributed by atoms with Crippen molar-refractivity contribution in [2.45, 2.75) is 19.4 Å². The maximum atomic E-state index is 3.81. The van der Waals surface area contributed by atoms with Crippen LogP contribution in [-0.4, -0.2) is 6.54 Å². The Balaban J connectivity index is 2.51. The molecule has 0 amide bonds. The van der Waals surface area contributed by atoms with E-state index in [0.717, 1.165) is 13.0 Å². The van der Waals surface area contributed by atoms with Gasteiger partial charge in [-0.05, 0) is 35.4 Å².